The van der Waals surface area contributed by atoms with Crippen LogP contribution in [-0.2, 0) is 11.4 Å². The number of aryl methyl sites for hydroxylation is 1. The number of hydrogen-bond donors (Lipinski definition) is 3. The van der Waals surface area contributed by atoms with Gasteiger partial charge in [0.1, 0.15) is 29.7 Å². The number of carbonyl (C=O) groups excluding carboxylic acids is 2. The predicted molar refractivity (Wildman–Crippen MR) is 97.3 cm³/mol. The molecule has 3 rings (SSSR count). The molecule has 140 valence electrons. The van der Waals surface area contributed by atoms with Crippen LogP contribution < -0.4 is 15.8 Å². The first-order chi connectivity index (χ1) is 12.9. The number of furan rings is 1. The van der Waals surface area contributed by atoms with E-state index in [0.717, 1.165) is 0 Å². The molecule has 0 aliphatic heterocycles. The van der Waals surface area contributed by atoms with Gasteiger partial charge in [0, 0.05) is 11.6 Å². The van der Waals surface area contributed by atoms with E-state index >= 15 is 0 Å². The number of hydrogen-bond acceptors (Lipinski definition) is 6. The Morgan fingerprint density at radius 1 is 1.37 bits per heavy atom. The van der Waals surface area contributed by atoms with Crippen LogP contribution in [0.4, 0.5) is 0 Å². The molecule has 0 aliphatic carbocycles. The third-order valence-corrected chi connectivity index (χ3v) is 4.10. The summed E-state index contributed by atoms with van der Waals surface area (Å²) in [6.45, 7) is 3.28. The number of rotatable bonds is 6. The maximum absolute atomic E-state index is 12.5. The molecule has 2 heterocycles. The van der Waals surface area contributed by atoms with E-state index < -0.39 is 17.9 Å². The number of primary amides is 1. The van der Waals surface area contributed by atoms with Crippen LogP contribution in [0.15, 0.2) is 40.9 Å². The average molecular weight is 369 g/mol. The number of benzene rings is 1. The Labute approximate surface area is 154 Å². The third-order valence-electron chi connectivity index (χ3n) is 4.10. The average Bonchev–Trinajstić information content (AvgIpc) is 2.96. The van der Waals surface area contributed by atoms with Crippen molar-refractivity contribution in [3.63, 3.8) is 0 Å². The molecule has 2 aromatic heterocycles. The van der Waals surface area contributed by atoms with E-state index in [1.165, 1.54) is 13.1 Å². The summed E-state index contributed by atoms with van der Waals surface area (Å²) in [4.78, 5) is 27.5. The molecule has 0 aliphatic rings. The van der Waals surface area contributed by atoms with Crippen LogP contribution in [0.5, 0.6) is 11.6 Å². The highest BCUT2D eigenvalue weighted by atomic mass is 16.5. The molecule has 27 heavy (non-hydrogen) atoms. The van der Waals surface area contributed by atoms with Gasteiger partial charge in [-0.15, -0.1) is 0 Å². The van der Waals surface area contributed by atoms with Crippen molar-refractivity contribution in [1.82, 2.24) is 10.3 Å². The van der Waals surface area contributed by atoms with Crippen LogP contribution in [0, 0.1) is 6.92 Å². The minimum atomic E-state index is -0.810. The minimum Gasteiger partial charge on any atom is -0.493 e. The molecule has 0 spiro atoms. The van der Waals surface area contributed by atoms with Crippen molar-refractivity contribution in [1.29, 1.82) is 0 Å². The van der Waals surface area contributed by atoms with Gasteiger partial charge in [0.15, 0.2) is 0 Å². The van der Waals surface area contributed by atoms with Crippen molar-refractivity contribution in [2.24, 2.45) is 5.73 Å². The number of aromatic hydroxyl groups is 1. The first-order valence-corrected chi connectivity index (χ1v) is 8.26. The molecular formula is C19H19N3O5. The van der Waals surface area contributed by atoms with Crippen molar-refractivity contribution in [3.05, 3.63) is 53.4 Å². The van der Waals surface area contributed by atoms with E-state index in [1.807, 2.05) is 0 Å². The SMILES string of the molecule is Cc1oc2ccc(OCc3cccnc3O)cc2c1C(=O)NC(C)C(N)=O. The molecule has 4 N–H and O–H groups in total. The summed E-state index contributed by atoms with van der Waals surface area (Å²) in [7, 11) is 0. The van der Waals surface area contributed by atoms with Gasteiger partial charge in [0.2, 0.25) is 11.8 Å². The van der Waals surface area contributed by atoms with E-state index in [1.54, 1.807) is 37.3 Å². The monoisotopic (exact) mass is 369 g/mol. The fourth-order valence-electron chi connectivity index (χ4n) is 2.62. The molecular weight excluding hydrogens is 350 g/mol. The predicted octanol–water partition coefficient (Wildman–Crippen LogP) is 2.02. The Balaban J connectivity index is 1.87. The Bertz CT molecular complexity index is 1010. The number of ether oxygens (including phenoxy) is 1. The quantitative estimate of drug-likeness (QED) is 0.610. The maximum Gasteiger partial charge on any atom is 0.256 e. The zero-order valence-corrected chi connectivity index (χ0v) is 14.9. The highest BCUT2D eigenvalue weighted by Gasteiger charge is 2.21. The van der Waals surface area contributed by atoms with Gasteiger partial charge in [-0.25, -0.2) is 4.98 Å². The van der Waals surface area contributed by atoms with Crippen LogP contribution in [0.25, 0.3) is 11.0 Å². The van der Waals surface area contributed by atoms with Crippen molar-refractivity contribution >= 4 is 22.8 Å². The number of nitrogens with one attached hydrogen (secondary N) is 1. The number of carbonyl (C=O) groups is 2. The van der Waals surface area contributed by atoms with Gasteiger partial charge in [-0.3, -0.25) is 9.59 Å². The van der Waals surface area contributed by atoms with Crippen LogP contribution in [0.2, 0.25) is 0 Å². The normalized spacial score (nSPS) is 11.9. The zero-order chi connectivity index (χ0) is 19.6. The molecule has 1 unspecified atom stereocenters. The second-order valence-corrected chi connectivity index (χ2v) is 6.06. The van der Waals surface area contributed by atoms with Crippen LogP contribution in [0.1, 0.15) is 28.6 Å². The van der Waals surface area contributed by atoms with Gasteiger partial charge < -0.3 is 25.3 Å². The molecule has 0 fully saturated rings. The summed E-state index contributed by atoms with van der Waals surface area (Å²) >= 11 is 0. The molecule has 8 heteroatoms. The largest absolute Gasteiger partial charge is 0.493 e. The van der Waals surface area contributed by atoms with E-state index in [4.69, 9.17) is 14.9 Å². The fourth-order valence-corrected chi connectivity index (χ4v) is 2.62. The number of nitrogens with two attached hydrogens (primary N) is 1. The second-order valence-electron chi connectivity index (χ2n) is 6.06. The molecule has 0 bridgehead atoms. The maximum atomic E-state index is 12.5. The number of fused-ring (bicyclic) bond motifs is 1. The van der Waals surface area contributed by atoms with Crippen LogP contribution >= 0.6 is 0 Å². The lowest BCUT2D eigenvalue weighted by molar-refractivity contribution is -0.119. The van der Waals surface area contributed by atoms with Gasteiger partial charge in [-0.05, 0) is 44.2 Å². The number of amides is 2. The number of nitrogens with zero attached hydrogens (tertiary/aromatic N) is 1. The van der Waals surface area contributed by atoms with E-state index in [9.17, 15) is 14.7 Å². The van der Waals surface area contributed by atoms with Gasteiger partial charge in [0.25, 0.3) is 5.91 Å². The number of pyridine rings is 1. The van der Waals surface area contributed by atoms with E-state index in [2.05, 4.69) is 10.3 Å². The highest BCUT2D eigenvalue weighted by molar-refractivity contribution is 6.08. The molecule has 8 nitrogen and oxygen atoms in total. The third kappa shape index (κ3) is 3.84. The van der Waals surface area contributed by atoms with E-state index in [0.29, 0.717) is 33.6 Å². The van der Waals surface area contributed by atoms with Gasteiger partial charge in [-0.2, -0.15) is 0 Å². The minimum absolute atomic E-state index is 0.0989. The standard InChI is InChI=1S/C19H19N3O5/c1-10(17(20)23)22-19(25)16-11(2)27-15-6-5-13(8-14(15)16)26-9-12-4-3-7-21-18(12)24/h3-8,10H,9H2,1-2H3,(H2,20,23)(H,21,24)(H,22,25). The molecule has 2 amide bonds. The summed E-state index contributed by atoms with van der Waals surface area (Å²) in [6.07, 6.45) is 1.48. The molecule has 1 atom stereocenters. The van der Waals surface area contributed by atoms with Crippen molar-refractivity contribution < 1.29 is 23.8 Å². The lowest BCUT2D eigenvalue weighted by Gasteiger charge is -2.10. The summed E-state index contributed by atoms with van der Waals surface area (Å²) in [5.41, 5.74) is 6.56. The summed E-state index contributed by atoms with van der Waals surface area (Å²) < 4.78 is 11.3. The molecule has 0 saturated heterocycles. The van der Waals surface area contributed by atoms with Gasteiger partial charge >= 0.3 is 0 Å². The van der Waals surface area contributed by atoms with Crippen LogP contribution in [0.3, 0.4) is 0 Å². The topological polar surface area (TPSA) is 128 Å². The van der Waals surface area contributed by atoms with Crippen molar-refractivity contribution in [2.45, 2.75) is 26.5 Å². The van der Waals surface area contributed by atoms with E-state index in [-0.39, 0.29) is 12.5 Å². The highest BCUT2D eigenvalue weighted by Crippen LogP contribution is 2.29. The lowest BCUT2D eigenvalue weighted by Crippen LogP contribution is -2.42. The Kier molecular flexibility index (Phi) is 4.98. The van der Waals surface area contributed by atoms with Crippen molar-refractivity contribution in [2.75, 3.05) is 0 Å². The first kappa shape index (κ1) is 18.2. The van der Waals surface area contributed by atoms with Gasteiger partial charge in [0.05, 0.1) is 11.1 Å². The molecule has 0 saturated carbocycles. The second kappa shape index (κ2) is 7.36. The van der Waals surface area contributed by atoms with Crippen molar-refractivity contribution in [3.8, 4) is 11.6 Å². The Hall–Kier alpha value is -3.55. The Morgan fingerprint density at radius 2 is 2.15 bits per heavy atom. The van der Waals surface area contributed by atoms with Gasteiger partial charge in [-0.1, -0.05) is 0 Å². The molecule has 0 radical (unpaired) electrons. The lowest BCUT2D eigenvalue weighted by atomic mass is 10.1. The Morgan fingerprint density at radius 3 is 2.85 bits per heavy atom. The molecule has 1 aromatic carbocycles. The summed E-state index contributed by atoms with van der Waals surface area (Å²) in [5.74, 6) is -0.281. The first-order valence-electron chi connectivity index (χ1n) is 8.26. The van der Waals surface area contributed by atoms with Crippen LogP contribution in [-0.4, -0.2) is 27.9 Å². The zero-order valence-electron chi connectivity index (χ0n) is 14.9. The smallest absolute Gasteiger partial charge is 0.256 e. The summed E-state index contributed by atoms with van der Waals surface area (Å²) in [5, 5.41) is 12.8. The molecule has 3 aromatic rings. The summed E-state index contributed by atoms with van der Waals surface area (Å²) in [6, 6.07) is 7.65. The number of aromatic nitrogens is 1. The fraction of sp³-hybridized carbons (Fsp3) is 0.211.